The second kappa shape index (κ2) is 16.5. The van der Waals surface area contributed by atoms with E-state index >= 15 is 0 Å². The second-order valence-electron chi connectivity index (χ2n) is 15.2. The van der Waals surface area contributed by atoms with Gasteiger partial charge in [-0.3, -0.25) is 14.4 Å². The number of nitrogens with one attached hydrogen (secondary N) is 1. The molecule has 1 fully saturated rings. The Balaban J connectivity index is 1.24. The molecule has 1 saturated carbocycles. The number of ether oxygens (including phenoxy) is 3. The van der Waals surface area contributed by atoms with Crippen molar-refractivity contribution in [2.24, 2.45) is 5.92 Å². The van der Waals surface area contributed by atoms with Crippen molar-refractivity contribution >= 4 is 17.8 Å². The third-order valence-electron chi connectivity index (χ3n) is 10.1. The summed E-state index contributed by atoms with van der Waals surface area (Å²) in [5, 5.41) is 12.8. The molecule has 9 nitrogen and oxygen atoms in total. The molecule has 4 aromatic rings. The molecule has 12 heteroatoms. The van der Waals surface area contributed by atoms with Crippen molar-refractivity contribution in [3.05, 3.63) is 113 Å². The highest BCUT2D eigenvalue weighted by Gasteiger charge is 2.38. The van der Waals surface area contributed by atoms with Gasteiger partial charge < -0.3 is 29.5 Å². The molecule has 0 bridgehead atoms. The minimum absolute atomic E-state index is 0.0261. The number of carbonyl (C=O) groups is 3. The van der Waals surface area contributed by atoms with Crippen molar-refractivity contribution in [2.75, 3.05) is 6.54 Å². The van der Waals surface area contributed by atoms with Gasteiger partial charge in [-0.1, -0.05) is 63.9 Å². The van der Waals surface area contributed by atoms with Crippen LogP contribution in [0.15, 0.2) is 91.0 Å². The van der Waals surface area contributed by atoms with Crippen LogP contribution in [0, 0.1) is 5.92 Å². The maximum Gasteiger partial charge on any atom is 0.573 e. The van der Waals surface area contributed by atoms with Crippen LogP contribution in [-0.2, 0) is 26.2 Å². The van der Waals surface area contributed by atoms with Crippen LogP contribution < -0.4 is 19.5 Å². The first-order chi connectivity index (χ1) is 26.1. The summed E-state index contributed by atoms with van der Waals surface area (Å²) in [5.41, 5.74) is 3.13. The Kier molecular flexibility index (Phi) is 11.7. The standard InChI is InChI=1S/C43H45F3N2O7/c1-42(2,3)30-11-16-32(17-12-30)54-35-15-8-28-22-23-48(38(49)24-27-6-4-5-7-27)40(36(28)25-35)41(52)47-37(26-39(50)51)29-9-13-31(14-10-29)53-33-18-20-34(21-19-33)55-43(44,45)46/h8-21,25,27,37,40H,4-7,22-24,26H2,1-3H3,(H,47,52)(H,50,51). The van der Waals surface area contributed by atoms with E-state index < -0.39 is 42.5 Å². The molecular weight excluding hydrogens is 713 g/mol. The summed E-state index contributed by atoms with van der Waals surface area (Å²) < 4.78 is 53.5. The molecule has 1 aliphatic heterocycles. The third kappa shape index (κ3) is 10.4. The zero-order valence-electron chi connectivity index (χ0n) is 31.0. The van der Waals surface area contributed by atoms with E-state index in [-0.39, 0.29) is 23.0 Å². The second-order valence-corrected chi connectivity index (χ2v) is 15.2. The minimum Gasteiger partial charge on any atom is -0.481 e. The van der Waals surface area contributed by atoms with Crippen molar-refractivity contribution in [1.82, 2.24) is 10.2 Å². The fourth-order valence-electron chi connectivity index (χ4n) is 7.24. The Morgan fingerprint density at radius 1 is 0.800 bits per heavy atom. The van der Waals surface area contributed by atoms with Gasteiger partial charge in [-0.05, 0) is 114 Å². The lowest BCUT2D eigenvalue weighted by Gasteiger charge is -2.38. The number of benzene rings is 4. The van der Waals surface area contributed by atoms with Crippen molar-refractivity contribution in [3.63, 3.8) is 0 Å². The molecule has 290 valence electrons. The normalized spacial score (nSPS) is 16.5. The Bertz CT molecular complexity index is 1970. The maximum atomic E-state index is 14.5. The van der Waals surface area contributed by atoms with Gasteiger partial charge in [0.1, 0.15) is 34.8 Å². The summed E-state index contributed by atoms with van der Waals surface area (Å²) in [6, 6.07) is 22.7. The number of nitrogens with zero attached hydrogens (tertiary/aromatic N) is 1. The summed E-state index contributed by atoms with van der Waals surface area (Å²) in [7, 11) is 0. The zero-order valence-corrected chi connectivity index (χ0v) is 31.0. The number of alkyl halides is 3. The van der Waals surface area contributed by atoms with E-state index in [2.05, 4.69) is 30.8 Å². The predicted octanol–water partition coefficient (Wildman–Crippen LogP) is 9.81. The van der Waals surface area contributed by atoms with Crippen LogP contribution in [0.4, 0.5) is 13.2 Å². The molecule has 0 radical (unpaired) electrons. The molecule has 2 unspecified atom stereocenters. The molecule has 2 aliphatic rings. The lowest BCUT2D eigenvalue weighted by atomic mass is 9.87. The summed E-state index contributed by atoms with van der Waals surface area (Å²) in [6.45, 7) is 6.74. The number of carboxylic acid groups (broad SMARTS) is 1. The van der Waals surface area contributed by atoms with Gasteiger partial charge in [-0.2, -0.15) is 0 Å². The van der Waals surface area contributed by atoms with E-state index in [0.717, 1.165) is 48.9 Å². The van der Waals surface area contributed by atoms with Crippen LogP contribution >= 0.6 is 0 Å². The molecule has 1 heterocycles. The van der Waals surface area contributed by atoms with Crippen LogP contribution in [0.2, 0.25) is 0 Å². The van der Waals surface area contributed by atoms with Crippen LogP contribution in [0.1, 0.15) is 93.6 Å². The monoisotopic (exact) mass is 758 g/mol. The van der Waals surface area contributed by atoms with E-state index in [1.165, 1.54) is 12.1 Å². The predicted molar refractivity (Wildman–Crippen MR) is 199 cm³/mol. The highest BCUT2D eigenvalue weighted by molar-refractivity contribution is 5.90. The lowest BCUT2D eigenvalue weighted by molar-refractivity contribution is -0.274. The summed E-state index contributed by atoms with van der Waals surface area (Å²) in [5.74, 6) is -0.188. The van der Waals surface area contributed by atoms with Gasteiger partial charge in [0, 0.05) is 13.0 Å². The van der Waals surface area contributed by atoms with Crippen molar-refractivity contribution in [1.29, 1.82) is 0 Å². The Morgan fingerprint density at radius 2 is 1.35 bits per heavy atom. The Hall–Kier alpha value is -5.52. The van der Waals surface area contributed by atoms with Crippen LogP contribution in [0.5, 0.6) is 28.7 Å². The SMILES string of the molecule is CC(C)(C)c1ccc(Oc2ccc3c(c2)C(C(=O)NC(CC(=O)O)c2ccc(Oc4ccc(OC(F)(F)F)cc4)cc2)N(C(=O)CC2CCCC2)CC3)cc1. The quantitative estimate of drug-likeness (QED) is 0.148. The van der Waals surface area contributed by atoms with E-state index in [9.17, 15) is 32.7 Å². The average molecular weight is 759 g/mol. The number of hydrogen-bond donors (Lipinski definition) is 2. The molecule has 6 rings (SSSR count). The van der Waals surface area contributed by atoms with Gasteiger partial charge in [0.25, 0.3) is 0 Å². The first-order valence-corrected chi connectivity index (χ1v) is 18.5. The molecule has 55 heavy (non-hydrogen) atoms. The van der Waals surface area contributed by atoms with E-state index in [4.69, 9.17) is 9.47 Å². The lowest BCUT2D eigenvalue weighted by Crippen LogP contribution is -2.48. The maximum absolute atomic E-state index is 14.5. The molecule has 1 aliphatic carbocycles. The number of carbonyl (C=O) groups excluding carboxylic acids is 2. The zero-order chi connectivity index (χ0) is 39.3. The first kappa shape index (κ1) is 39.2. The van der Waals surface area contributed by atoms with Gasteiger partial charge >= 0.3 is 12.3 Å². The number of aliphatic carboxylic acids is 1. The molecule has 0 spiro atoms. The van der Waals surface area contributed by atoms with E-state index in [1.54, 1.807) is 35.2 Å². The molecule has 0 saturated heterocycles. The fraction of sp³-hybridized carbons (Fsp3) is 0.372. The highest BCUT2D eigenvalue weighted by Crippen LogP contribution is 2.38. The van der Waals surface area contributed by atoms with Gasteiger partial charge in [-0.15, -0.1) is 13.2 Å². The van der Waals surface area contributed by atoms with Crippen LogP contribution in [0.3, 0.4) is 0 Å². The Morgan fingerprint density at radius 3 is 1.93 bits per heavy atom. The van der Waals surface area contributed by atoms with E-state index in [0.29, 0.717) is 47.8 Å². The largest absolute Gasteiger partial charge is 0.573 e. The third-order valence-corrected chi connectivity index (χ3v) is 10.1. The highest BCUT2D eigenvalue weighted by atomic mass is 19.4. The van der Waals surface area contributed by atoms with Crippen molar-refractivity contribution in [3.8, 4) is 28.7 Å². The van der Waals surface area contributed by atoms with Crippen molar-refractivity contribution < 1.29 is 46.9 Å². The molecule has 0 aromatic heterocycles. The number of rotatable bonds is 12. The number of halogens is 3. The van der Waals surface area contributed by atoms with Gasteiger partial charge in [0.2, 0.25) is 11.8 Å². The minimum atomic E-state index is -4.82. The van der Waals surface area contributed by atoms with Gasteiger partial charge in [0.05, 0.1) is 12.5 Å². The number of amides is 2. The number of fused-ring (bicyclic) bond motifs is 1. The number of hydrogen-bond acceptors (Lipinski definition) is 6. The molecule has 2 amide bonds. The first-order valence-electron chi connectivity index (χ1n) is 18.5. The molecular formula is C43H45F3N2O7. The summed E-state index contributed by atoms with van der Waals surface area (Å²) >= 11 is 0. The molecule has 4 aromatic carbocycles. The van der Waals surface area contributed by atoms with E-state index in [1.807, 2.05) is 36.4 Å². The fourth-order valence-corrected chi connectivity index (χ4v) is 7.24. The summed E-state index contributed by atoms with van der Waals surface area (Å²) in [6.07, 6.45) is -0.273. The summed E-state index contributed by atoms with van der Waals surface area (Å²) in [4.78, 5) is 42.1. The Labute approximate surface area is 318 Å². The van der Waals surface area contributed by atoms with Crippen LogP contribution in [0.25, 0.3) is 0 Å². The molecule has 2 atom stereocenters. The number of carboxylic acids is 1. The van der Waals surface area contributed by atoms with Crippen LogP contribution in [-0.4, -0.2) is 40.7 Å². The van der Waals surface area contributed by atoms with Crippen molar-refractivity contribution in [2.45, 2.75) is 89.6 Å². The molecule has 2 N–H and O–H groups in total. The van der Waals surface area contributed by atoms with Gasteiger partial charge in [0.15, 0.2) is 0 Å². The van der Waals surface area contributed by atoms with Gasteiger partial charge in [-0.25, -0.2) is 0 Å². The topological polar surface area (TPSA) is 114 Å². The average Bonchev–Trinajstić information content (AvgIpc) is 3.64. The smallest absolute Gasteiger partial charge is 0.481 e.